The Morgan fingerprint density at radius 2 is 1.82 bits per heavy atom. The zero-order valence-electron chi connectivity index (χ0n) is 21.0. The molecule has 2 aliphatic heterocycles. The lowest BCUT2D eigenvalue weighted by Crippen LogP contribution is -2.48. The summed E-state index contributed by atoms with van der Waals surface area (Å²) >= 11 is 11.9. The van der Waals surface area contributed by atoms with Crippen LogP contribution in [0.5, 0.6) is 0 Å². The van der Waals surface area contributed by atoms with Crippen LogP contribution in [0.2, 0.25) is 10.2 Å². The largest absolute Gasteiger partial charge is 0.416 e. The van der Waals surface area contributed by atoms with Crippen LogP contribution >= 0.6 is 23.2 Å². The van der Waals surface area contributed by atoms with Gasteiger partial charge in [0.05, 0.1) is 5.56 Å². The number of hydrogen-bond acceptors (Lipinski definition) is 3. The third-order valence-electron chi connectivity index (χ3n) is 7.47. The molecule has 1 fully saturated rings. The molecule has 2 aromatic carbocycles. The summed E-state index contributed by atoms with van der Waals surface area (Å²) in [5.41, 5.74) is 0.911. The van der Waals surface area contributed by atoms with Gasteiger partial charge in [0, 0.05) is 42.0 Å². The highest BCUT2D eigenvalue weighted by atomic mass is 35.5. The first-order valence-electron chi connectivity index (χ1n) is 12.7. The Morgan fingerprint density at radius 3 is 2.51 bits per heavy atom. The maximum Gasteiger partial charge on any atom is 0.416 e. The number of alkyl halides is 3. The molecule has 5 rings (SSSR count). The third-order valence-corrected chi connectivity index (χ3v) is 7.93. The summed E-state index contributed by atoms with van der Waals surface area (Å²) in [4.78, 5) is 20.9. The van der Waals surface area contributed by atoms with E-state index in [1.54, 1.807) is 18.2 Å². The van der Waals surface area contributed by atoms with Crippen molar-refractivity contribution >= 4 is 41.0 Å². The second-order valence-corrected chi connectivity index (χ2v) is 10.8. The van der Waals surface area contributed by atoms with Crippen molar-refractivity contribution in [1.29, 1.82) is 0 Å². The fourth-order valence-corrected chi connectivity index (χ4v) is 5.84. The number of nitrogens with one attached hydrogen (secondary N) is 1. The Labute approximate surface area is 235 Å². The minimum Gasteiger partial charge on any atom is -0.334 e. The van der Waals surface area contributed by atoms with Crippen LogP contribution in [0.1, 0.15) is 35.1 Å². The number of rotatable bonds is 5. The summed E-state index contributed by atoms with van der Waals surface area (Å²) in [6.45, 7) is 2.33. The van der Waals surface area contributed by atoms with E-state index in [4.69, 9.17) is 23.2 Å². The van der Waals surface area contributed by atoms with Crippen molar-refractivity contribution < 1.29 is 18.0 Å². The molecule has 3 aromatic rings. The normalized spacial score (nSPS) is 17.1. The minimum atomic E-state index is -4.52. The lowest BCUT2D eigenvalue weighted by atomic mass is 9.72. The molecular weight excluding hydrogens is 548 g/mol. The summed E-state index contributed by atoms with van der Waals surface area (Å²) in [5, 5.41) is 3.81. The number of pyridine rings is 1. The smallest absolute Gasteiger partial charge is 0.334 e. The van der Waals surface area contributed by atoms with Gasteiger partial charge in [-0.1, -0.05) is 53.6 Å². The Morgan fingerprint density at radius 1 is 1.08 bits per heavy atom. The highest BCUT2D eigenvalue weighted by Gasteiger charge is 2.51. The minimum absolute atomic E-state index is 0.187. The number of likely N-dealkylation sites (tertiary alicyclic amines) is 1. The molecule has 204 valence electrons. The molecule has 39 heavy (non-hydrogen) atoms. The van der Waals surface area contributed by atoms with Crippen LogP contribution in [0.3, 0.4) is 0 Å². The molecule has 1 saturated heterocycles. The van der Waals surface area contributed by atoms with Gasteiger partial charge in [0.25, 0.3) is 0 Å². The number of nitrogens with zero attached hydrogens (tertiary/aromatic N) is 3. The quantitative estimate of drug-likeness (QED) is 0.328. The summed E-state index contributed by atoms with van der Waals surface area (Å²) in [7, 11) is 0. The van der Waals surface area contributed by atoms with Crippen LogP contribution in [0.4, 0.5) is 23.7 Å². The van der Waals surface area contributed by atoms with Gasteiger partial charge in [0.1, 0.15) is 5.15 Å². The molecule has 0 radical (unpaired) electrons. The number of benzene rings is 2. The van der Waals surface area contributed by atoms with Crippen LogP contribution in [-0.4, -0.2) is 42.1 Å². The predicted octanol–water partition coefficient (Wildman–Crippen LogP) is 7.18. The van der Waals surface area contributed by atoms with Gasteiger partial charge in [-0.2, -0.15) is 13.2 Å². The summed E-state index contributed by atoms with van der Waals surface area (Å²) in [6.07, 6.45) is 2.12. The van der Waals surface area contributed by atoms with Crippen molar-refractivity contribution in [3.8, 4) is 0 Å². The van der Waals surface area contributed by atoms with Crippen molar-refractivity contribution in [3.63, 3.8) is 0 Å². The van der Waals surface area contributed by atoms with E-state index in [2.05, 4.69) is 21.3 Å². The number of hydrogen-bond donors (Lipinski definition) is 1. The van der Waals surface area contributed by atoms with Crippen LogP contribution in [0.25, 0.3) is 6.08 Å². The molecule has 0 unspecified atom stereocenters. The number of carbonyl (C=O) groups excluding carboxylic acids is 1. The second kappa shape index (κ2) is 11.2. The molecule has 0 atom stereocenters. The van der Waals surface area contributed by atoms with Crippen molar-refractivity contribution in [1.82, 2.24) is 15.2 Å². The molecule has 0 aliphatic carbocycles. The molecule has 2 amide bonds. The number of aromatic nitrogens is 1. The first-order chi connectivity index (χ1) is 18.6. The number of fused-ring (bicyclic) bond motifs is 2. The maximum absolute atomic E-state index is 14.2. The van der Waals surface area contributed by atoms with Crippen molar-refractivity contribution in [2.24, 2.45) is 0 Å². The molecule has 10 heteroatoms. The van der Waals surface area contributed by atoms with Crippen LogP contribution in [-0.2, 0) is 18.1 Å². The van der Waals surface area contributed by atoms with E-state index < -0.39 is 23.2 Å². The predicted molar refractivity (Wildman–Crippen MR) is 148 cm³/mol. The van der Waals surface area contributed by atoms with Gasteiger partial charge < -0.3 is 5.32 Å². The van der Waals surface area contributed by atoms with Crippen LogP contribution in [0, 0.1) is 0 Å². The molecule has 0 saturated carbocycles. The lowest BCUT2D eigenvalue weighted by molar-refractivity contribution is -0.138. The zero-order chi connectivity index (χ0) is 27.6. The third kappa shape index (κ3) is 6.08. The summed E-state index contributed by atoms with van der Waals surface area (Å²) < 4.78 is 42.5. The average molecular weight is 575 g/mol. The van der Waals surface area contributed by atoms with E-state index in [1.807, 2.05) is 30.3 Å². The van der Waals surface area contributed by atoms with Crippen molar-refractivity contribution in [3.05, 3.63) is 99.3 Å². The topological polar surface area (TPSA) is 48.5 Å². The maximum atomic E-state index is 14.2. The monoisotopic (exact) mass is 574 g/mol. The van der Waals surface area contributed by atoms with Crippen molar-refractivity contribution in [2.75, 3.05) is 31.1 Å². The first kappa shape index (κ1) is 27.5. The first-order valence-corrected chi connectivity index (χ1v) is 13.4. The molecule has 3 heterocycles. The fourth-order valence-electron chi connectivity index (χ4n) is 5.52. The van der Waals surface area contributed by atoms with E-state index in [0.717, 1.165) is 17.2 Å². The highest BCUT2D eigenvalue weighted by molar-refractivity contribution is 6.30. The van der Waals surface area contributed by atoms with E-state index in [0.29, 0.717) is 48.3 Å². The van der Waals surface area contributed by atoms with E-state index in [9.17, 15) is 18.0 Å². The van der Waals surface area contributed by atoms with Gasteiger partial charge in [-0.25, -0.2) is 9.78 Å². The van der Waals surface area contributed by atoms with Crippen molar-refractivity contribution in [2.45, 2.75) is 31.0 Å². The number of urea groups is 1. The molecule has 1 spiro atoms. The van der Waals surface area contributed by atoms with E-state index in [-0.39, 0.29) is 18.7 Å². The molecule has 5 nitrogen and oxygen atoms in total. The second-order valence-electron chi connectivity index (χ2n) is 9.96. The van der Waals surface area contributed by atoms with Gasteiger partial charge in [-0.05, 0) is 79.0 Å². The fraction of sp³-hybridized carbons (Fsp3) is 0.310. The van der Waals surface area contributed by atoms with Gasteiger partial charge in [0.15, 0.2) is 0 Å². The van der Waals surface area contributed by atoms with E-state index >= 15 is 0 Å². The lowest BCUT2D eigenvalue weighted by Gasteiger charge is -2.40. The molecule has 2 aliphatic rings. The van der Waals surface area contributed by atoms with Gasteiger partial charge in [-0.3, -0.25) is 9.80 Å². The Bertz CT molecular complexity index is 1370. The van der Waals surface area contributed by atoms with Crippen LogP contribution < -0.4 is 10.2 Å². The molecule has 0 bridgehead atoms. The van der Waals surface area contributed by atoms with Crippen LogP contribution in [0.15, 0.2) is 66.9 Å². The number of carbonyl (C=O) groups is 1. The van der Waals surface area contributed by atoms with E-state index in [1.165, 1.54) is 17.2 Å². The molecular formula is C29H27Cl2F3N4O. The number of halogens is 5. The SMILES string of the molecule is O=C(NCc1ccnc(Cl)c1)N1CC2(CCN(C/C=C/c3ccc(Cl)cc3)CC2)c2c1cccc2C(F)(F)F. The number of anilines is 1. The van der Waals surface area contributed by atoms with Gasteiger partial charge in [0.2, 0.25) is 0 Å². The Kier molecular flexibility index (Phi) is 7.89. The summed E-state index contributed by atoms with van der Waals surface area (Å²) in [5.74, 6) is 0. The summed E-state index contributed by atoms with van der Waals surface area (Å²) in [6, 6.07) is 14.6. The average Bonchev–Trinajstić information content (AvgIpc) is 3.23. The number of piperidine rings is 1. The Balaban J connectivity index is 1.33. The van der Waals surface area contributed by atoms with Gasteiger partial charge >= 0.3 is 12.2 Å². The highest BCUT2D eigenvalue weighted by Crippen LogP contribution is 2.51. The number of amides is 2. The Hall–Kier alpha value is -3.07. The zero-order valence-corrected chi connectivity index (χ0v) is 22.5. The standard InChI is InChI=1S/C29H27Cl2F3N4O/c30-22-8-6-20(7-9-22)3-2-14-37-15-11-28(12-16-37)19-38(24-5-1-4-23(26(24)28)29(32,33)34)27(39)36-18-21-10-13-35-25(31)17-21/h1-10,13,17H,11-12,14-16,18-19H2,(H,36,39)/b3-2+. The molecule has 1 aromatic heterocycles. The van der Waals surface area contributed by atoms with Gasteiger partial charge in [-0.15, -0.1) is 0 Å². The molecule has 1 N–H and O–H groups in total.